The van der Waals surface area contributed by atoms with Crippen molar-refractivity contribution in [3.63, 3.8) is 0 Å². The molecule has 0 amide bonds. The molecule has 0 fully saturated rings. The Morgan fingerprint density at radius 1 is 1.09 bits per heavy atom. The van der Waals surface area contributed by atoms with E-state index in [1.54, 1.807) is 0 Å². The Balaban J connectivity index is 2.10. The summed E-state index contributed by atoms with van der Waals surface area (Å²) >= 11 is 0. The first-order valence-electron chi connectivity index (χ1n) is 7.86. The molecule has 0 saturated carbocycles. The molecule has 0 bridgehead atoms. The predicted molar refractivity (Wildman–Crippen MR) is 88.9 cm³/mol. The van der Waals surface area contributed by atoms with Crippen molar-refractivity contribution >= 4 is 5.97 Å². The molecule has 122 valence electrons. The van der Waals surface area contributed by atoms with E-state index in [0.29, 0.717) is 12.4 Å². The monoisotopic (exact) mass is 314 g/mol. The Hall–Kier alpha value is -2.33. The Morgan fingerprint density at radius 2 is 1.78 bits per heavy atom. The molecular formula is C19H22O4. The minimum Gasteiger partial charge on any atom is -0.479 e. The number of carbonyl (C=O) groups is 1. The lowest BCUT2D eigenvalue weighted by atomic mass is 10.1. The Bertz CT molecular complexity index is 610. The molecule has 4 heteroatoms. The van der Waals surface area contributed by atoms with Crippen molar-refractivity contribution in [3.05, 3.63) is 60.2 Å². The summed E-state index contributed by atoms with van der Waals surface area (Å²) < 4.78 is 11.4. The minimum absolute atomic E-state index is 0.280. The molecule has 0 unspecified atom stereocenters. The normalized spacial score (nSPS) is 11.9. The van der Waals surface area contributed by atoms with Gasteiger partial charge in [0.05, 0.1) is 0 Å². The molecule has 2 aromatic carbocycles. The molecule has 23 heavy (non-hydrogen) atoms. The highest BCUT2D eigenvalue weighted by Crippen LogP contribution is 2.26. The highest BCUT2D eigenvalue weighted by molar-refractivity contribution is 5.73. The van der Waals surface area contributed by atoms with Gasteiger partial charge in [0.15, 0.2) is 6.10 Å². The van der Waals surface area contributed by atoms with Gasteiger partial charge in [0, 0.05) is 13.0 Å². The Kier molecular flexibility index (Phi) is 6.63. The van der Waals surface area contributed by atoms with Crippen molar-refractivity contribution in [2.75, 3.05) is 6.61 Å². The zero-order valence-corrected chi connectivity index (χ0v) is 13.3. The van der Waals surface area contributed by atoms with Gasteiger partial charge in [-0.3, -0.25) is 0 Å². The molecule has 0 radical (unpaired) electrons. The van der Waals surface area contributed by atoms with Gasteiger partial charge < -0.3 is 14.6 Å². The summed E-state index contributed by atoms with van der Waals surface area (Å²) in [6, 6.07) is 16.9. The van der Waals surface area contributed by atoms with Gasteiger partial charge in [0.2, 0.25) is 0 Å². The maximum atomic E-state index is 11.4. The van der Waals surface area contributed by atoms with Crippen molar-refractivity contribution in [1.82, 2.24) is 0 Å². The lowest BCUT2D eigenvalue weighted by Crippen LogP contribution is -2.27. The molecule has 0 heterocycles. The van der Waals surface area contributed by atoms with Crippen LogP contribution in [0.4, 0.5) is 0 Å². The van der Waals surface area contributed by atoms with Crippen molar-refractivity contribution in [1.29, 1.82) is 0 Å². The number of ether oxygens (including phenoxy) is 2. The first kappa shape index (κ1) is 17.0. The predicted octanol–water partition coefficient (Wildman–Crippen LogP) is 4.29. The van der Waals surface area contributed by atoms with E-state index in [1.165, 1.54) is 0 Å². The van der Waals surface area contributed by atoms with Crippen LogP contribution in [0.5, 0.6) is 11.5 Å². The van der Waals surface area contributed by atoms with Gasteiger partial charge in [-0.15, -0.1) is 0 Å². The zero-order chi connectivity index (χ0) is 16.5. The van der Waals surface area contributed by atoms with Crippen LogP contribution in [0.25, 0.3) is 0 Å². The molecule has 0 saturated heterocycles. The second kappa shape index (κ2) is 8.96. The summed E-state index contributed by atoms with van der Waals surface area (Å²) in [5, 5.41) is 9.35. The smallest absolute Gasteiger partial charge is 0.333 e. The van der Waals surface area contributed by atoms with Crippen molar-refractivity contribution in [2.45, 2.75) is 32.3 Å². The number of unbranched alkanes of at least 4 members (excludes halogenated alkanes) is 1. The summed E-state index contributed by atoms with van der Waals surface area (Å²) in [5.41, 5.74) is 0.820. The van der Waals surface area contributed by atoms with Crippen LogP contribution in [-0.2, 0) is 16.0 Å². The molecule has 2 rings (SSSR count). The summed E-state index contributed by atoms with van der Waals surface area (Å²) in [5.74, 6) is 0.429. The van der Waals surface area contributed by atoms with Crippen molar-refractivity contribution in [3.8, 4) is 11.5 Å². The third-order valence-corrected chi connectivity index (χ3v) is 3.44. The fraction of sp³-hybridized carbons (Fsp3) is 0.316. The summed E-state index contributed by atoms with van der Waals surface area (Å²) in [6.45, 7) is 2.50. The van der Waals surface area contributed by atoms with Crippen LogP contribution < -0.4 is 4.74 Å². The van der Waals surface area contributed by atoms with Crippen LogP contribution in [0.15, 0.2) is 54.6 Å². The lowest BCUT2D eigenvalue weighted by molar-refractivity contribution is -0.150. The van der Waals surface area contributed by atoms with Gasteiger partial charge >= 0.3 is 5.97 Å². The summed E-state index contributed by atoms with van der Waals surface area (Å²) in [7, 11) is 0. The maximum absolute atomic E-state index is 11.4. The van der Waals surface area contributed by atoms with Crippen LogP contribution in [0, 0.1) is 0 Å². The van der Waals surface area contributed by atoms with Crippen LogP contribution in [0.2, 0.25) is 0 Å². The molecule has 4 nitrogen and oxygen atoms in total. The van der Waals surface area contributed by atoms with Gasteiger partial charge in [-0.25, -0.2) is 4.79 Å². The molecular weight excluding hydrogens is 292 g/mol. The molecule has 0 aromatic heterocycles. The number of para-hydroxylation sites is 2. The Labute approximate surface area is 136 Å². The Morgan fingerprint density at radius 3 is 2.48 bits per heavy atom. The second-order valence-corrected chi connectivity index (χ2v) is 5.28. The van der Waals surface area contributed by atoms with Gasteiger partial charge in [0.25, 0.3) is 0 Å². The lowest BCUT2D eigenvalue weighted by Gasteiger charge is -2.16. The van der Waals surface area contributed by atoms with Crippen LogP contribution >= 0.6 is 0 Å². The fourth-order valence-corrected chi connectivity index (χ4v) is 2.17. The van der Waals surface area contributed by atoms with E-state index in [2.05, 4.69) is 0 Å². The number of hydrogen-bond donors (Lipinski definition) is 1. The number of hydrogen-bond acceptors (Lipinski definition) is 3. The molecule has 1 atom stereocenters. The van der Waals surface area contributed by atoms with E-state index in [0.717, 1.165) is 24.2 Å². The number of benzene rings is 2. The molecule has 0 spiro atoms. The van der Waals surface area contributed by atoms with Gasteiger partial charge in [-0.1, -0.05) is 49.7 Å². The largest absolute Gasteiger partial charge is 0.479 e. The van der Waals surface area contributed by atoms with E-state index in [-0.39, 0.29) is 6.42 Å². The van der Waals surface area contributed by atoms with Crippen LogP contribution in [-0.4, -0.2) is 23.8 Å². The van der Waals surface area contributed by atoms with Crippen molar-refractivity contribution in [2.24, 2.45) is 0 Å². The SMILES string of the molecule is CCCCO[C@@H](Cc1ccccc1Oc1ccccc1)C(=O)O. The van der Waals surface area contributed by atoms with Crippen LogP contribution in [0.3, 0.4) is 0 Å². The van der Waals surface area contributed by atoms with E-state index >= 15 is 0 Å². The highest BCUT2D eigenvalue weighted by Gasteiger charge is 2.20. The molecule has 0 aliphatic rings. The number of carboxylic acid groups (broad SMARTS) is 1. The quantitative estimate of drug-likeness (QED) is 0.701. The molecule has 1 N–H and O–H groups in total. The first-order valence-corrected chi connectivity index (χ1v) is 7.86. The van der Waals surface area contributed by atoms with Crippen molar-refractivity contribution < 1.29 is 19.4 Å². The molecule has 0 aliphatic heterocycles. The van der Waals surface area contributed by atoms with Gasteiger partial charge in [-0.2, -0.15) is 0 Å². The molecule has 0 aliphatic carbocycles. The number of carboxylic acids is 1. The summed E-state index contributed by atoms with van der Waals surface area (Å²) in [4.78, 5) is 11.4. The number of aliphatic carboxylic acids is 1. The zero-order valence-electron chi connectivity index (χ0n) is 13.3. The second-order valence-electron chi connectivity index (χ2n) is 5.28. The fourth-order valence-electron chi connectivity index (χ4n) is 2.17. The third-order valence-electron chi connectivity index (χ3n) is 3.44. The topological polar surface area (TPSA) is 55.8 Å². The van der Waals surface area contributed by atoms with Gasteiger partial charge in [-0.05, 0) is 30.2 Å². The minimum atomic E-state index is -0.949. The standard InChI is InChI=1S/C19H22O4/c1-2-3-13-22-18(19(20)21)14-15-9-7-8-12-17(15)23-16-10-5-4-6-11-16/h4-12,18H,2-3,13-14H2,1H3,(H,20,21)/t18-/m0/s1. The average molecular weight is 314 g/mol. The average Bonchev–Trinajstić information content (AvgIpc) is 2.56. The summed E-state index contributed by atoms with van der Waals surface area (Å²) in [6.07, 6.45) is 1.25. The van der Waals surface area contributed by atoms with E-state index in [9.17, 15) is 9.90 Å². The van der Waals surface area contributed by atoms with Crippen LogP contribution in [0.1, 0.15) is 25.3 Å². The van der Waals surface area contributed by atoms with E-state index in [1.807, 2.05) is 61.5 Å². The first-order chi connectivity index (χ1) is 11.2. The highest BCUT2D eigenvalue weighted by atomic mass is 16.5. The third kappa shape index (κ3) is 5.42. The maximum Gasteiger partial charge on any atom is 0.333 e. The van der Waals surface area contributed by atoms with E-state index in [4.69, 9.17) is 9.47 Å². The molecule has 2 aromatic rings. The van der Waals surface area contributed by atoms with E-state index < -0.39 is 12.1 Å². The number of rotatable bonds is 9. The van der Waals surface area contributed by atoms with Gasteiger partial charge in [0.1, 0.15) is 11.5 Å².